The van der Waals surface area contributed by atoms with Crippen LogP contribution in [0.4, 0.5) is 0 Å². The van der Waals surface area contributed by atoms with Gasteiger partial charge in [-0.25, -0.2) is 0 Å². The second-order valence-corrected chi connectivity index (χ2v) is 4.38. The minimum atomic E-state index is -0.146. The Hall–Kier alpha value is -1.91. The average molecular weight is 248 g/mol. The van der Waals surface area contributed by atoms with Crippen LogP contribution in [0.1, 0.15) is 35.3 Å². The number of carbonyl (C=O) groups excluding carboxylic acids is 2. The molecule has 0 unspecified atom stereocenters. The van der Waals surface area contributed by atoms with Gasteiger partial charge in [0.05, 0.1) is 0 Å². The van der Waals surface area contributed by atoms with Gasteiger partial charge >= 0.3 is 0 Å². The number of amides is 1. The van der Waals surface area contributed by atoms with Crippen molar-refractivity contribution in [3.8, 4) is 0 Å². The van der Waals surface area contributed by atoms with Crippen molar-refractivity contribution >= 4 is 11.7 Å². The Kier molecular flexibility index (Phi) is 3.60. The number of carbonyl (C=O) groups is 2. The van der Waals surface area contributed by atoms with E-state index in [1.807, 2.05) is 0 Å². The molecule has 2 rings (SSSR count). The molecular weight excluding hydrogens is 232 g/mol. The number of hydrogen-bond donors (Lipinski definition) is 1. The lowest BCUT2D eigenvalue weighted by Gasteiger charge is -2.19. The van der Waals surface area contributed by atoms with Gasteiger partial charge in [0.15, 0.2) is 5.78 Å². The maximum atomic E-state index is 11.8. The fraction of sp³-hybridized carbons (Fsp3) is 0.462. The van der Waals surface area contributed by atoms with Crippen molar-refractivity contribution in [3.63, 3.8) is 0 Å². The standard InChI is InChI=1S/C13H16N2O3/c1-14-12(17)7-8-15-10-3-2-4-11(16)9(10)5-6-13(15)18/h5-6H,2-4,7-8H2,1H3,(H,14,17). The summed E-state index contributed by atoms with van der Waals surface area (Å²) in [5.74, 6) is -0.0217. The molecule has 1 aromatic rings. The van der Waals surface area contributed by atoms with Crippen LogP contribution in [0.15, 0.2) is 16.9 Å². The van der Waals surface area contributed by atoms with Gasteiger partial charge in [0.1, 0.15) is 0 Å². The molecule has 1 amide bonds. The molecule has 0 spiro atoms. The molecule has 0 saturated carbocycles. The van der Waals surface area contributed by atoms with Gasteiger partial charge in [-0.2, -0.15) is 0 Å². The molecule has 96 valence electrons. The van der Waals surface area contributed by atoms with Gasteiger partial charge < -0.3 is 9.88 Å². The Morgan fingerprint density at radius 3 is 2.83 bits per heavy atom. The summed E-state index contributed by atoms with van der Waals surface area (Å²) < 4.78 is 1.56. The van der Waals surface area contributed by atoms with E-state index < -0.39 is 0 Å². The van der Waals surface area contributed by atoms with Gasteiger partial charge in [-0.05, 0) is 18.9 Å². The molecule has 0 atom stereocenters. The van der Waals surface area contributed by atoms with E-state index in [0.29, 0.717) is 18.5 Å². The van der Waals surface area contributed by atoms with Crippen LogP contribution in [0.25, 0.3) is 0 Å². The van der Waals surface area contributed by atoms with Crippen molar-refractivity contribution in [1.29, 1.82) is 0 Å². The minimum Gasteiger partial charge on any atom is -0.359 e. The van der Waals surface area contributed by atoms with E-state index in [1.54, 1.807) is 17.7 Å². The normalized spacial score (nSPS) is 14.2. The molecule has 0 bridgehead atoms. The Labute approximate surface area is 105 Å². The number of aromatic nitrogens is 1. The van der Waals surface area contributed by atoms with E-state index in [0.717, 1.165) is 18.5 Å². The van der Waals surface area contributed by atoms with Crippen LogP contribution in [0.2, 0.25) is 0 Å². The van der Waals surface area contributed by atoms with Crippen molar-refractivity contribution < 1.29 is 9.59 Å². The number of rotatable bonds is 3. The van der Waals surface area contributed by atoms with E-state index >= 15 is 0 Å². The zero-order valence-corrected chi connectivity index (χ0v) is 10.4. The summed E-state index contributed by atoms with van der Waals surface area (Å²) >= 11 is 0. The molecule has 5 nitrogen and oxygen atoms in total. The van der Waals surface area contributed by atoms with Crippen molar-refractivity contribution in [2.24, 2.45) is 0 Å². The van der Waals surface area contributed by atoms with Crippen LogP contribution in [-0.2, 0) is 17.8 Å². The Morgan fingerprint density at radius 1 is 1.33 bits per heavy atom. The van der Waals surface area contributed by atoms with Crippen LogP contribution >= 0.6 is 0 Å². The summed E-state index contributed by atoms with van der Waals surface area (Å²) in [4.78, 5) is 34.8. The predicted octanol–water partition coefficient (Wildman–Crippen LogP) is 0.503. The predicted molar refractivity (Wildman–Crippen MR) is 66.7 cm³/mol. The average Bonchev–Trinajstić information content (AvgIpc) is 2.37. The first-order chi connectivity index (χ1) is 8.63. The van der Waals surface area contributed by atoms with Crippen molar-refractivity contribution in [3.05, 3.63) is 33.7 Å². The van der Waals surface area contributed by atoms with Gasteiger partial charge in [-0.15, -0.1) is 0 Å². The molecule has 1 heterocycles. The maximum absolute atomic E-state index is 11.8. The van der Waals surface area contributed by atoms with Crippen molar-refractivity contribution in [1.82, 2.24) is 9.88 Å². The van der Waals surface area contributed by atoms with Crippen LogP contribution in [-0.4, -0.2) is 23.3 Å². The molecule has 0 radical (unpaired) electrons. The largest absolute Gasteiger partial charge is 0.359 e. The van der Waals surface area contributed by atoms with Crippen molar-refractivity contribution in [2.45, 2.75) is 32.2 Å². The SMILES string of the molecule is CNC(=O)CCn1c2c(ccc1=O)C(=O)CCC2. The van der Waals surface area contributed by atoms with Gasteiger partial charge in [0.2, 0.25) is 5.91 Å². The number of fused-ring (bicyclic) bond motifs is 1. The zero-order chi connectivity index (χ0) is 13.1. The maximum Gasteiger partial charge on any atom is 0.250 e. The van der Waals surface area contributed by atoms with E-state index in [1.165, 1.54) is 6.07 Å². The lowest BCUT2D eigenvalue weighted by atomic mass is 9.94. The molecule has 1 aromatic heterocycles. The van der Waals surface area contributed by atoms with E-state index in [9.17, 15) is 14.4 Å². The first kappa shape index (κ1) is 12.5. The first-order valence-corrected chi connectivity index (χ1v) is 6.10. The summed E-state index contributed by atoms with van der Waals surface area (Å²) in [5.41, 5.74) is 1.27. The summed E-state index contributed by atoms with van der Waals surface area (Å²) in [6.07, 6.45) is 2.29. The third kappa shape index (κ3) is 2.34. The lowest BCUT2D eigenvalue weighted by Crippen LogP contribution is -2.30. The van der Waals surface area contributed by atoms with E-state index in [-0.39, 0.29) is 23.7 Å². The quantitative estimate of drug-likeness (QED) is 0.847. The Balaban J connectivity index is 2.34. The summed E-state index contributed by atoms with van der Waals surface area (Å²) in [6.45, 7) is 0.328. The van der Waals surface area contributed by atoms with E-state index in [4.69, 9.17) is 0 Å². The number of ketones is 1. The zero-order valence-electron chi connectivity index (χ0n) is 10.4. The molecule has 0 fully saturated rings. The van der Waals surface area contributed by atoms with E-state index in [2.05, 4.69) is 5.32 Å². The van der Waals surface area contributed by atoms with Crippen LogP contribution < -0.4 is 10.9 Å². The van der Waals surface area contributed by atoms with Crippen LogP contribution in [0, 0.1) is 0 Å². The molecule has 0 saturated heterocycles. The fourth-order valence-electron chi connectivity index (χ4n) is 2.28. The smallest absolute Gasteiger partial charge is 0.250 e. The summed E-state index contributed by atoms with van der Waals surface area (Å²) in [6, 6.07) is 3.02. The third-order valence-corrected chi connectivity index (χ3v) is 3.25. The number of hydrogen-bond acceptors (Lipinski definition) is 3. The molecule has 1 N–H and O–H groups in total. The highest BCUT2D eigenvalue weighted by molar-refractivity contribution is 5.98. The van der Waals surface area contributed by atoms with Gasteiger partial charge in [0, 0.05) is 43.8 Å². The molecule has 1 aliphatic carbocycles. The molecule has 0 aromatic carbocycles. The van der Waals surface area contributed by atoms with Crippen LogP contribution in [0.5, 0.6) is 0 Å². The molecule has 18 heavy (non-hydrogen) atoms. The monoisotopic (exact) mass is 248 g/mol. The summed E-state index contributed by atoms with van der Waals surface area (Å²) in [7, 11) is 1.56. The number of nitrogens with zero attached hydrogens (tertiary/aromatic N) is 1. The molecule has 0 aliphatic heterocycles. The first-order valence-electron chi connectivity index (χ1n) is 6.10. The fourth-order valence-corrected chi connectivity index (χ4v) is 2.28. The highest BCUT2D eigenvalue weighted by atomic mass is 16.2. The number of nitrogens with one attached hydrogen (secondary N) is 1. The lowest BCUT2D eigenvalue weighted by molar-refractivity contribution is -0.120. The van der Waals surface area contributed by atoms with Crippen LogP contribution in [0.3, 0.4) is 0 Å². The second kappa shape index (κ2) is 5.16. The van der Waals surface area contributed by atoms with Crippen molar-refractivity contribution in [2.75, 3.05) is 7.05 Å². The topological polar surface area (TPSA) is 68.2 Å². The second-order valence-electron chi connectivity index (χ2n) is 4.38. The Bertz CT molecular complexity index is 546. The minimum absolute atomic E-state index is 0.0879. The number of Topliss-reactive ketones (excluding diaryl/α,β-unsaturated/α-hetero) is 1. The van der Waals surface area contributed by atoms with Gasteiger partial charge in [-0.1, -0.05) is 0 Å². The molecular formula is C13H16N2O3. The van der Waals surface area contributed by atoms with Gasteiger partial charge in [0.25, 0.3) is 5.56 Å². The molecule has 5 heteroatoms. The molecule has 1 aliphatic rings. The third-order valence-electron chi connectivity index (χ3n) is 3.25. The highest BCUT2D eigenvalue weighted by Gasteiger charge is 2.20. The Morgan fingerprint density at radius 2 is 2.11 bits per heavy atom. The van der Waals surface area contributed by atoms with Gasteiger partial charge in [-0.3, -0.25) is 14.4 Å². The number of pyridine rings is 1. The summed E-state index contributed by atoms with van der Waals surface area (Å²) in [5, 5.41) is 2.52. The highest BCUT2D eigenvalue weighted by Crippen LogP contribution is 2.19.